The first-order valence-electron chi connectivity index (χ1n) is 0.698. The fourth-order valence-electron chi connectivity index (χ4n) is 0. The fourth-order valence-corrected chi connectivity index (χ4v) is 0. The Morgan fingerprint density at radius 2 is 0.923 bits per heavy atom. The zero-order chi connectivity index (χ0) is 4.50. The van der Waals surface area contributed by atoms with Crippen LogP contribution in [0.1, 0.15) is 4.28 Å². The second-order valence-electron chi connectivity index (χ2n) is 0.448. The van der Waals surface area contributed by atoms with Gasteiger partial charge in [-0.05, 0) is 0 Å². The minimum absolute atomic E-state index is 0. The number of rotatable bonds is 0. The van der Waals surface area contributed by atoms with Gasteiger partial charge in [0.25, 0.3) is 0 Å². The third-order valence-corrected chi connectivity index (χ3v) is 0. The molecule has 13 heavy (non-hydrogen) atoms. The van der Waals surface area contributed by atoms with Crippen molar-refractivity contribution in [3.63, 3.8) is 0 Å². The first-order valence-corrected chi connectivity index (χ1v) is 2.10. The summed E-state index contributed by atoms with van der Waals surface area (Å²) >= 11 is 0. The van der Waals surface area contributed by atoms with Crippen molar-refractivity contribution in [2.75, 3.05) is 0 Å². The summed E-state index contributed by atoms with van der Waals surface area (Å²) in [6, 6.07) is 0. The summed E-state index contributed by atoms with van der Waals surface area (Å²) in [5.41, 5.74) is 0. The van der Waals surface area contributed by atoms with Crippen LogP contribution in [0, 0.1) is 0 Å². The average Bonchev–Trinajstić information content (AvgIpc) is 0.722. The Hall–Kier alpha value is 6.19. The smallest absolute Gasteiger partial charge is 1.00 e. The third kappa shape index (κ3) is 125. The predicted molar refractivity (Wildman–Crippen MR) is 36.3 cm³/mol. The van der Waals surface area contributed by atoms with Crippen LogP contribution in [0.4, 0.5) is 0 Å². The van der Waals surface area contributed by atoms with Gasteiger partial charge < -0.3 is 41.5 Å². The molecular weight excluding hydrogens is 380 g/mol. The summed E-state index contributed by atoms with van der Waals surface area (Å²) in [5.74, 6) is 0. The van der Waals surface area contributed by atoms with Gasteiger partial charge in [-0.15, -0.1) is 12.4 Å². The van der Waals surface area contributed by atoms with Gasteiger partial charge in [-0.1, -0.05) is 0 Å². The molecule has 0 unspecified atom stereocenters. The van der Waals surface area contributed by atoms with E-state index in [9.17, 15) is 0 Å². The molecule has 0 aliphatic rings. The van der Waals surface area contributed by atoms with Crippen LogP contribution in [0.5, 0.6) is 0 Å². The molecule has 0 bridgehead atoms. The van der Waals surface area contributed by atoms with Crippen LogP contribution in [0.15, 0.2) is 0 Å². The zero-order valence-corrected chi connectivity index (χ0v) is 20.5. The van der Waals surface area contributed by atoms with Crippen molar-refractivity contribution in [3.8, 4) is 0 Å². The molecule has 13 heteroatoms. The molecule has 0 fully saturated rings. The van der Waals surface area contributed by atoms with Crippen molar-refractivity contribution in [2.24, 2.45) is 0 Å². The van der Waals surface area contributed by atoms with Crippen LogP contribution in [0.2, 0.25) is 0 Å². The standard InChI is InChI=1S/2Ca.4ClH.K.Na.H2O4S.3H/c;;;;;;;;1-5(2,3)4;;;/h;;4*1H;;;(H2,1,2,3,4);;;/q2*+2;;;;;2*+1;;3*-1/p-3. The second kappa shape index (κ2) is 36.2. The van der Waals surface area contributed by atoms with E-state index in [1.165, 1.54) is 0 Å². The summed E-state index contributed by atoms with van der Waals surface area (Å²) in [5, 5.41) is 0. The maximum atomic E-state index is 8.74. The SMILES string of the molecule is Cl.O=S(=O)(O)O.[Ca+2].[Ca+2].[Cl-].[Cl-].[Cl-].[H-].[H-].[H-].[K+].[Na+]. The minimum atomic E-state index is -4.67. The van der Waals surface area contributed by atoms with E-state index in [0.717, 1.165) is 0 Å². The Morgan fingerprint density at radius 3 is 0.923 bits per heavy atom. The van der Waals surface area contributed by atoms with Gasteiger partial charge in [0.2, 0.25) is 0 Å². The molecule has 0 saturated carbocycles. The molecular formula is H6Ca2Cl4KNaO4S. The summed E-state index contributed by atoms with van der Waals surface area (Å²) in [7, 11) is -4.67. The van der Waals surface area contributed by atoms with Crippen molar-refractivity contribution in [1.29, 1.82) is 0 Å². The second-order valence-corrected chi connectivity index (χ2v) is 1.34. The molecule has 0 heterocycles. The van der Waals surface area contributed by atoms with E-state index in [-0.39, 0.29) is 210 Å². The topological polar surface area (TPSA) is 74.6 Å². The van der Waals surface area contributed by atoms with Gasteiger partial charge in [0.15, 0.2) is 0 Å². The molecule has 0 saturated heterocycles. The molecule has 0 atom stereocenters. The van der Waals surface area contributed by atoms with E-state index < -0.39 is 10.4 Å². The number of hydrogen-bond acceptors (Lipinski definition) is 2. The van der Waals surface area contributed by atoms with Gasteiger partial charge in [0.05, 0.1) is 0 Å². The van der Waals surface area contributed by atoms with Crippen LogP contribution in [-0.4, -0.2) is 93.0 Å². The van der Waals surface area contributed by atoms with Crippen LogP contribution >= 0.6 is 12.4 Å². The van der Waals surface area contributed by atoms with Crippen LogP contribution in [-0.2, 0) is 10.4 Å². The van der Waals surface area contributed by atoms with Crippen molar-refractivity contribution < 1.29 is 140 Å². The third-order valence-electron chi connectivity index (χ3n) is 0. The largest absolute Gasteiger partial charge is 2.00 e. The average molecular weight is 386 g/mol. The number of hydrogen-bond donors (Lipinski definition) is 2. The van der Waals surface area contributed by atoms with Crippen LogP contribution in [0.25, 0.3) is 0 Å². The summed E-state index contributed by atoms with van der Waals surface area (Å²) in [6.45, 7) is 0. The fraction of sp³-hybridized carbons (Fsp3) is 0. The minimum Gasteiger partial charge on any atom is -1.00 e. The normalized spacial score (nSPS) is 4.46. The van der Waals surface area contributed by atoms with E-state index >= 15 is 0 Å². The molecule has 0 radical (unpaired) electrons. The molecule has 2 N–H and O–H groups in total. The molecule has 0 rings (SSSR count). The van der Waals surface area contributed by atoms with Crippen molar-refractivity contribution in [3.05, 3.63) is 0 Å². The molecule has 0 amide bonds. The Kier molecular flexibility index (Phi) is 170. The van der Waals surface area contributed by atoms with E-state index in [0.29, 0.717) is 0 Å². The van der Waals surface area contributed by atoms with Gasteiger partial charge in [0.1, 0.15) is 0 Å². The van der Waals surface area contributed by atoms with Crippen LogP contribution < -0.4 is 118 Å². The summed E-state index contributed by atoms with van der Waals surface area (Å²) in [6.07, 6.45) is 0. The molecule has 0 spiro atoms. The van der Waals surface area contributed by atoms with E-state index in [1.807, 2.05) is 0 Å². The van der Waals surface area contributed by atoms with E-state index in [2.05, 4.69) is 0 Å². The molecule has 0 aromatic carbocycles. The summed E-state index contributed by atoms with van der Waals surface area (Å²) in [4.78, 5) is 0. The maximum Gasteiger partial charge on any atom is 2.00 e. The predicted octanol–water partition coefficient (Wildman–Crippen LogP) is -15.6. The molecule has 4 nitrogen and oxygen atoms in total. The Morgan fingerprint density at radius 1 is 0.923 bits per heavy atom. The van der Waals surface area contributed by atoms with Gasteiger partial charge in [0, 0.05) is 0 Å². The van der Waals surface area contributed by atoms with Crippen molar-refractivity contribution in [2.45, 2.75) is 0 Å². The summed E-state index contributed by atoms with van der Waals surface area (Å²) < 4.78 is 31.6. The Bertz CT molecular complexity index is 124. The first-order chi connectivity index (χ1) is 2.00. The van der Waals surface area contributed by atoms with Crippen molar-refractivity contribution >= 4 is 98.3 Å². The Labute approximate surface area is 232 Å². The Balaban J connectivity index is -0.00000000145. The molecule has 70 valence electrons. The zero-order valence-electron chi connectivity index (χ0n) is 10.1. The first kappa shape index (κ1) is 61.2. The van der Waals surface area contributed by atoms with Gasteiger partial charge in [-0.25, -0.2) is 0 Å². The van der Waals surface area contributed by atoms with Gasteiger partial charge >= 0.3 is 167 Å². The molecule has 0 aliphatic carbocycles. The van der Waals surface area contributed by atoms with Gasteiger partial charge in [-0.3, -0.25) is 9.11 Å². The van der Waals surface area contributed by atoms with Gasteiger partial charge in [-0.2, -0.15) is 8.42 Å². The monoisotopic (exact) mass is 384 g/mol. The van der Waals surface area contributed by atoms with E-state index in [4.69, 9.17) is 17.5 Å². The quantitative estimate of drug-likeness (QED) is 0.321. The van der Waals surface area contributed by atoms with Crippen molar-refractivity contribution in [1.82, 2.24) is 0 Å². The van der Waals surface area contributed by atoms with E-state index in [1.54, 1.807) is 0 Å². The number of halogens is 4. The molecule has 0 aromatic heterocycles. The molecule has 0 aromatic rings. The maximum absolute atomic E-state index is 8.74. The van der Waals surface area contributed by atoms with Crippen LogP contribution in [0.3, 0.4) is 0 Å². The molecule has 0 aliphatic heterocycles.